The molecule has 0 aliphatic carbocycles. The van der Waals surface area contributed by atoms with Crippen molar-refractivity contribution in [1.82, 2.24) is 14.7 Å². The summed E-state index contributed by atoms with van der Waals surface area (Å²) >= 11 is 0. The van der Waals surface area contributed by atoms with Crippen molar-refractivity contribution in [1.29, 1.82) is 0 Å². The molecular weight excluding hydrogens is 266 g/mol. The number of esters is 1. The summed E-state index contributed by atoms with van der Waals surface area (Å²) < 4.78 is 7.44. The van der Waals surface area contributed by atoms with Gasteiger partial charge in [0.25, 0.3) is 0 Å². The van der Waals surface area contributed by atoms with Crippen LogP contribution in [0.4, 0.5) is 0 Å². The van der Waals surface area contributed by atoms with Crippen LogP contribution in [-0.2, 0) is 16.1 Å². The number of nitrogens with zero attached hydrogens (tertiary/aromatic N) is 3. The first kappa shape index (κ1) is 14.6. The zero-order chi connectivity index (χ0) is 15.0. The number of cyclic esters (lactones) is 1. The Hall–Kier alpha value is -1.36. The normalized spacial score (nSPS) is 30.6. The van der Waals surface area contributed by atoms with Crippen LogP contribution in [0.25, 0.3) is 0 Å². The van der Waals surface area contributed by atoms with Crippen LogP contribution >= 0.6 is 0 Å². The number of carbonyl (C=O) groups is 1. The van der Waals surface area contributed by atoms with E-state index >= 15 is 0 Å². The fraction of sp³-hybridized carbons (Fsp3) is 0.750. The SMILES string of the molecule is Cc1cc(C)n(C[C@@H]2CCCCN2[C@@H]2C[C@H](C)OC2=O)n1. The number of hydrogen-bond donors (Lipinski definition) is 0. The Morgan fingerprint density at radius 2 is 2.19 bits per heavy atom. The molecule has 0 saturated carbocycles. The van der Waals surface area contributed by atoms with Crippen LogP contribution in [0, 0.1) is 13.8 Å². The zero-order valence-corrected chi connectivity index (χ0v) is 13.2. The first-order valence-electron chi connectivity index (χ1n) is 8.02. The van der Waals surface area contributed by atoms with Crippen LogP contribution in [0.1, 0.15) is 44.0 Å². The quantitative estimate of drug-likeness (QED) is 0.800. The number of piperidine rings is 1. The first-order chi connectivity index (χ1) is 10.0. The molecule has 2 fully saturated rings. The van der Waals surface area contributed by atoms with E-state index in [0.717, 1.165) is 31.6 Å². The lowest BCUT2D eigenvalue weighted by Gasteiger charge is -2.38. The van der Waals surface area contributed by atoms with E-state index in [1.165, 1.54) is 18.5 Å². The fourth-order valence-corrected chi connectivity index (χ4v) is 3.69. The lowest BCUT2D eigenvalue weighted by atomic mass is 9.98. The molecule has 2 aliphatic rings. The maximum Gasteiger partial charge on any atom is 0.323 e. The Bertz CT molecular complexity index is 526. The van der Waals surface area contributed by atoms with E-state index in [9.17, 15) is 4.79 Å². The average Bonchev–Trinajstić information content (AvgIpc) is 2.92. The third-order valence-electron chi connectivity index (χ3n) is 4.70. The molecule has 0 radical (unpaired) electrons. The lowest BCUT2D eigenvalue weighted by molar-refractivity contribution is -0.146. The molecule has 0 N–H and O–H groups in total. The van der Waals surface area contributed by atoms with Gasteiger partial charge in [0, 0.05) is 18.2 Å². The van der Waals surface area contributed by atoms with Gasteiger partial charge in [0.05, 0.1) is 12.2 Å². The number of aromatic nitrogens is 2. The minimum Gasteiger partial charge on any atom is -0.461 e. The third-order valence-corrected chi connectivity index (χ3v) is 4.70. The van der Waals surface area contributed by atoms with Crippen molar-refractivity contribution in [3.8, 4) is 0 Å². The third kappa shape index (κ3) is 2.98. The standard InChI is InChI=1S/C16H25N3O2/c1-11-8-12(2)19(17-11)10-14-6-4-5-7-18(14)15-9-13(3)21-16(15)20/h8,13-15H,4-7,9-10H2,1-3H3/t13-,14-,15+/m0/s1. The molecule has 1 aromatic rings. The van der Waals surface area contributed by atoms with Crippen molar-refractivity contribution in [3.05, 3.63) is 17.5 Å². The van der Waals surface area contributed by atoms with Gasteiger partial charge >= 0.3 is 5.97 Å². The highest BCUT2D eigenvalue weighted by Gasteiger charge is 2.40. The summed E-state index contributed by atoms with van der Waals surface area (Å²) in [4.78, 5) is 14.4. The maximum atomic E-state index is 12.1. The van der Waals surface area contributed by atoms with E-state index in [1.54, 1.807) is 0 Å². The van der Waals surface area contributed by atoms with Gasteiger partial charge < -0.3 is 4.74 Å². The van der Waals surface area contributed by atoms with Gasteiger partial charge in [0.1, 0.15) is 12.1 Å². The van der Waals surface area contributed by atoms with Crippen molar-refractivity contribution in [2.45, 2.75) is 71.2 Å². The Labute approximate surface area is 126 Å². The molecule has 2 aliphatic heterocycles. The largest absolute Gasteiger partial charge is 0.461 e. The minimum atomic E-state index is -0.0535. The highest BCUT2D eigenvalue weighted by atomic mass is 16.6. The number of hydrogen-bond acceptors (Lipinski definition) is 4. The molecule has 0 aromatic carbocycles. The average molecular weight is 291 g/mol. The summed E-state index contributed by atoms with van der Waals surface area (Å²) in [6.07, 6.45) is 4.42. The van der Waals surface area contributed by atoms with Gasteiger partial charge in [-0.1, -0.05) is 6.42 Å². The van der Waals surface area contributed by atoms with E-state index in [2.05, 4.69) is 27.7 Å². The monoisotopic (exact) mass is 291 g/mol. The molecule has 21 heavy (non-hydrogen) atoms. The number of aryl methyl sites for hydroxylation is 2. The topological polar surface area (TPSA) is 47.4 Å². The van der Waals surface area contributed by atoms with E-state index in [0.29, 0.717) is 6.04 Å². The van der Waals surface area contributed by atoms with E-state index in [1.807, 2.05) is 13.8 Å². The molecule has 0 amide bonds. The molecule has 0 spiro atoms. The minimum absolute atomic E-state index is 0.0391. The maximum absolute atomic E-state index is 12.1. The molecule has 0 unspecified atom stereocenters. The highest BCUT2D eigenvalue weighted by Crippen LogP contribution is 2.28. The van der Waals surface area contributed by atoms with Gasteiger partial charge in [0.15, 0.2) is 0 Å². The zero-order valence-electron chi connectivity index (χ0n) is 13.2. The van der Waals surface area contributed by atoms with Gasteiger partial charge in [-0.2, -0.15) is 5.10 Å². The number of rotatable bonds is 3. The molecule has 1 aromatic heterocycles. The number of ether oxygens (including phenoxy) is 1. The Kier molecular flexibility index (Phi) is 4.02. The molecule has 5 heteroatoms. The predicted molar refractivity (Wildman–Crippen MR) is 80.0 cm³/mol. The van der Waals surface area contributed by atoms with Gasteiger partial charge in [-0.15, -0.1) is 0 Å². The van der Waals surface area contributed by atoms with Crippen LogP contribution in [0.5, 0.6) is 0 Å². The summed E-state index contributed by atoms with van der Waals surface area (Å²) in [7, 11) is 0. The van der Waals surface area contributed by atoms with Gasteiger partial charge in [-0.25, -0.2) is 0 Å². The molecule has 3 rings (SSSR count). The molecule has 2 saturated heterocycles. The van der Waals surface area contributed by atoms with Crippen LogP contribution in [0.3, 0.4) is 0 Å². The fourth-order valence-electron chi connectivity index (χ4n) is 3.69. The summed E-state index contributed by atoms with van der Waals surface area (Å²) in [5.74, 6) is -0.0391. The summed E-state index contributed by atoms with van der Waals surface area (Å²) in [5, 5.41) is 4.57. The van der Waals surface area contributed by atoms with Crippen LogP contribution < -0.4 is 0 Å². The van der Waals surface area contributed by atoms with Crippen molar-refractivity contribution in [2.24, 2.45) is 0 Å². The second kappa shape index (κ2) is 5.79. The number of carbonyl (C=O) groups excluding carboxylic acids is 1. The molecular formula is C16H25N3O2. The Balaban J connectivity index is 1.75. The van der Waals surface area contributed by atoms with E-state index in [-0.39, 0.29) is 18.1 Å². The van der Waals surface area contributed by atoms with Crippen LogP contribution in [-0.4, -0.2) is 45.4 Å². The van der Waals surface area contributed by atoms with Crippen molar-refractivity contribution >= 4 is 5.97 Å². The van der Waals surface area contributed by atoms with E-state index in [4.69, 9.17) is 4.74 Å². The van der Waals surface area contributed by atoms with E-state index < -0.39 is 0 Å². The molecule has 116 valence electrons. The van der Waals surface area contributed by atoms with Crippen molar-refractivity contribution < 1.29 is 9.53 Å². The summed E-state index contributed by atoms with van der Waals surface area (Å²) in [6, 6.07) is 2.45. The van der Waals surface area contributed by atoms with Crippen LogP contribution in [0.2, 0.25) is 0 Å². The number of likely N-dealkylation sites (tertiary alicyclic amines) is 1. The molecule has 3 atom stereocenters. The first-order valence-corrected chi connectivity index (χ1v) is 8.02. The molecule has 3 heterocycles. The second-order valence-electron chi connectivity index (χ2n) is 6.50. The predicted octanol–water partition coefficient (Wildman–Crippen LogP) is 2.06. The van der Waals surface area contributed by atoms with Gasteiger partial charge in [0.2, 0.25) is 0 Å². The van der Waals surface area contributed by atoms with Crippen LogP contribution in [0.15, 0.2) is 6.07 Å². The molecule has 0 bridgehead atoms. The smallest absolute Gasteiger partial charge is 0.323 e. The Morgan fingerprint density at radius 1 is 1.38 bits per heavy atom. The van der Waals surface area contributed by atoms with Gasteiger partial charge in [-0.3, -0.25) is 14.4 Å². The molecule has 5 nitrogen and oxygen atoms in total. The summed E-state index contributed by atoms with van der Waals surface area (Å²) in [5.41, 5.74) is 2.25. The van der Waals surface area contributed by atoms with Gasteiger partial charge in [-0.05, 0) is 46.2 Å². The lowest BCUT2D eigenvalue weighted by Crippen LogP contribution is -2.50. The second-order valence-corrected chi connectivity index (χ2v) is 6.50. The van der Waals surface area contributed by atoms with Crippen molar-refractivity contribution in [2.75, 3.05) is 6.54 Å². The van der Waals surface area contributed by atoms with Crippen molar-refractivity contribution in [3.63, 3.8) is 0 Å². The Morgan fingerprint density at radius 3 is 2.81 bits per heavy atom. The summed E-state index contributed by atoms with van der Waals surface area (Å²) in [6.45, 7) is 7.98. The highest BCUT2D eigenvalue weighted by molar-refractivity contribution is 5.78.